The Morgan fingerprint density at radius 2 is 1.77 bits per heavy atom. The number of aromatic nitrogens is 3. The van der Waals surface area contributed by atoms with Crippen LogP contribution < -0.4 is 0 Å². The van der Waals surface area contributed by atoms with Gasteiger partial charge in [-0.25, -0.2) is 13.4 Å². The standard InChI is InChI=1S/C23H22N4O3S/c1-16-22(23(28)26-9-11-31(29,30)12-10-26)20(14-27(16)21-13-24-15-25-21)19-8-4-6-17-5-2-3-7-18(17)19/h2-8,13-15H,9-12H2,1H3,(H,24,25). The molecule has 1 amide bonds. The minimum Gasteiger partial charge on any atom is -0.337 e. The first-order valence-corrected chi connectivity index (χ1v) is 12.0. The molecule has 0 bridgehead atoms. The molecule has 1 aliphatic rings. The SMILES string of the molecule is Cc1c(C(=O)N2CCS(=O)(=O)CC2)c(-c2cccc3ccccc23)cn1-c1cnc[nH]1. The van der Waals surface area contributed by atoms with Crippen molar-refractivity contribution in [1.29, 1.82) is 0 Å². The lowest BCUT2D eigenvalue weighted by molar-refractivity contribution is 0.0770. The number of carbonyl (C=O) groups is 1. The van der Waals surface area contributed by atoms with E-state index in [1.807, 2.05) is 42.0 Å². The zero-order valence-electron chi connectivity index (χ0n) is 17.1. The first kappa shape index (κ1) is 19.6. The molecule has 7 nitrogen and oxygen atoms in total. The van der Waals surface area contributed by atoms with E-state index in [1.165, 1.54) is 0 Å². The van der Waals surface area contributed by atoms with E-state index < -0.39 is 9.84 Å². The van der Waals surface area contributed by atoms with Crippen LogP contribution in [0.5, 0.6) is 0 Å². The number of carbonyl (C=O) groups excluding carboxylic acids is 1. The largest absolute Gasteiger partial charge is 0.337 e. The van der Waals surface area contributed by atoms with E-state index in [4.69, 9.17) is 0 Å². The van der Waals surface area contributed by atoms with Gasteiger partial charge in [0.2, 0.25) is 0 Å². The second kappa shape index (κ2) is 7.39. The molecule has 0 radical (unpaired) electrons. The van der Waals surface area contributed by atoms with Crippen LogP contribution in [0.1, 0.15) is 16.1 Å². The van der Waals surface area contributed by atoms with Gasteiger partial charge in [0.15, 0.2) is 9.84 Å². The summed E-state index contributed by atoms with van der Waals surface area (Å²) in [6.45, 7) is 2.33. The van der Waals surface area contributed by atoms with Crippen molar-refractivity contribution < 1.29 is 13.2 Å². The lowest BCUT2D eigenvalue weighted by Gasteiger charge is -2.27. The van der Waals surface area contributed by atoms with Crippen LogP contribution in [-0.4, -0.2) is 58.4 Å². The van der Waals surface area contributed by atoms with Gasteiger partial charge < -0.3 is 14.5 Å². The Kier molecular flexibility index (Phi) is 4.66. The van der Waals surface area contributed by atoms with Crippen LogP contribution in [0.2, 0.25) is 0 Å². The maximum Gasteiger partial charge on any atom is 0.256 e. The number of hydrogen-bond acceptors (Lipinski definition) is 4. The number of hydrogen-bond donors (Lipinski definition) is 1. The molecule has 0 unspecified atom stereocenters. The molecular formula is C23H22N4O3S. The number of imidazole rings is 1. The zero-order chi connectivity index (χ0) is 21.6. The Morgan fingerprint density at radius 3 is 2.52 bits per heavy atom. The monoisotopic (exact) mass is 434 g/mol. The summed E-state index contributed by atoms with van der Waals surface area (Å²) in [4.78, 5) is 22.5. The Hall–Kier alpha value is -3.39. The predicted octanol–water partition coefficient (Wildman–Crippen LogP) is 3.20. The van der Waals surface area contributed by atoms with Gasteiger partial charge in [-0.15, -0.1) is 0 Å². The van der Waals surface area contributed by atoms with Crippen LogP contribution >= 0.6 is 0 Å². The van der Waals surface area contributed by atoms with Gasteiger partial charge in [-0.1, -0.05) is 42.5 Å². The number of benzene rings is 2. The number of aromatic amines is 1. The number of fused-ring (bicyclic) bond motifs is 1. The third kappa shape index (κ3) is 3.42. The second-order valence-corrected chi connectivity index (χ2v) is 10.1. The molecule has 2 aromatic heterocycles. The highest BCUT2D eigenvalue weighted by molar-refractivity contribution is 7.91. The number of sulfone groups is 1. The van der Waals surface area contributed by atoms with Crippen molar-refractivity contribution in [1.82, 2.24) is 19.4 Å². The Balaban J connectivity index is 1.69. The Bertz CT molecular complexity index is 1370. The second-order valence-electron chi connectivity index (χ2n) is 7.78. The predicted molar refractivity (Wildman–Crippen MR) is 120 cm³/mol. The summed E-state index contributed by atoms with van der Waals surface area (Å²) in [5, 5.41) is 2.15. The smallest absolute Gasteiger partial charge is 0.256 e. The lowest BCUT2D eigenvalue weighted by atomic mass is 9.96. The van der Waals surface area contributed by atoms with Crippen LogP contribution in [0.4, 0.5) is 0 Å². The van der Waals surface area contributed by atoms with Crippen LogP contribution in [0.25, 0.3) is 27.7 Å². The number of rotatable bonds is 3. The molecule has 8 heteroatoms. The number of amides is 1. The van der Waals surface area contributed by atoms with Gasteiger partial charge in [0.25, 0.3) is 5.91 Å². The van der Waals surface area contributed by atoms with E-state index in [0.29, 0.717) is 5.56 Å². The molecule has 3 heterocycles. The maximum absolute atomic E-state index is 13.6. The molecule has 5 rings (SSSR count). The van der Waals surface area contributed by atoms with Crippen LogP contribution in [0, 0.1) is 6.92 Å². The van der Waals surface area contributed by atoms with Crippen LogP contribution in [0.3, 0.4) is 0 Å². The molecule has 1 saturated heterocycles. The molecule has 0 aliphatic carbocycles. The van der Waals surface area contributed by atoms with Crippen molar-refractivity contribution in [3.8, 4) is 16.9 Å². The number of nitrogens with zero attached hydrogens (tertiary/aromatic N) is 3. The molecule has 1 N–H and O–H groups in total. The molecule has 1 aliphatic heterocycles. The van der Waals surface area contributed by atoms with Gasteiger partial charge in [-0.2, -0.15) is 0 Å². The normalized spacial score (nSPS) is 16.0. The van der Waals surface area contributed by atoms with E-state index in [0.717, 1.165) is 33.4 Å². The van der Waals surface area contributed by atoms with Gasteiger partial charge >= 0.3 is 0 Å². The van der Waals surface area contributed by atoms with Gasteiger partial charge in [-0.05, 0) is 23.3 Å². The van der Waals surface area contributed by atoms with E-state index in [9.17, 15) is 13.2 Å². The minimum absolute atomic E-state index is 0.00262. The fourth-order valence-corrected chi connectivity index (χ4v) is 5.45. The van der Waals surface area contributed by atoms with Crippen molar-refractivity contribution in [2.24, 2.45) is 0 Å². The molecule has 4 aromatic rings. The molecule has 1 fully saturated rings. The highest BCUT2D eigenvalue weighted by Crippen LogP contribution is 2.35. The van der Waals surface area contributed by atoms with E-state index in [-0.39, 0.29) is 30.5 Å². The zero-order valence-corrected chi connectivity index (χ0v) is 17.9. The van der Waals surface area contributed by atoms with Crippen LogP contribution in [-0.2, 0) is 9.84 Å². The van der Waals surface area contributed by atoms with Crippen molar-refractivity contribution in [2.75, 3.05) is 24.6 Å². The average molecular weight is 435 g/mol. The van der Waals surface area contributed by atoms with Crippen molar-refractivity contribution in [2.45, 2.75) is 6.92 Å². The molecule has 158 valence electrons. The summed E-state index contributed by atoms with van der Waals surface area (Å²) in [5.41, 5.74) is 3.16. The van der Waals surface area contributed by atoms with Crippen LogP contribution in [0.15, 0.2) is 61.2 Å². The third-order valence-corrected chi connectivity index (χ3v) is 7.53. The summed E-state index contributed by atoms with van der Waals surface area (Å²) in [6.07, 6.45) is 5.27. The summed E-state index contributed by atoms with van der Waals surface area (Å²) in [5.74, 6) is 0.624. The third-order valence-electron chi connectivity index (χ3n) is 5.92. The Labute approximate surface area is 180 Å². The maximum atomic E-state index is 13.6. The first-order chi connectivity index (χ1) is 14.9. The molecule has 0 spiro atoms. The molecule has 2 aromatic carbocycles. The van der Waals surface area contributed by atoms with E-state index in [1.54, 1.807) is 17.4 Å². The van der Waals surface area contributed by atoms with E-state index in [2.05, 4.69) is 28.2 Å². The highest BCUT2D eigenvalue weighted by Gasteiger charge is 2.30. The summed E-state index contributed by atoms with van der Waals surface area (Å²) >= 11 is 0. The number of nitrogens with one attached hydrogen (secondary N) is 1. The average Bonchev–Trinajstić information content (AvgIpc) is 3.41. The van der Waals surface area contributed by atoms with Gasteiger partial charge in [0.1, 0.15) is 5.82 Å². The molecule has 0 saturated carbocycles. The summed E-state index contributed by atoms with van der Waals surface area (Å²) < 4.78 is 25.7. The van der Waals surface area contributed by atoms with Gasteiger partial charge in [0.05, 0.1) is 29.6 Å². The van der Waals surface area contributed by atoms with E-state index >= 15 is 0 Å². The fraction of sp³-hybridized carbons (Fsp3) is 0.217. The fourth-order valence-electron chi connectivity index (χ4n) is 4.24. The Morgan fingerprint density at radius 1 is 1.03 bits per heavy atom. The molecule has 0 atom stereocenters. The summed E-state index contributed by atoms with van der Waals surface area (Å²) in [7, 11) is -3.08. The van der Waals surface area contributed by atoms with Gasteiger partial charge in [-0.3, -0.25) is 4.79 Å². The van der Waals surface area contributed by atoms with Crippen molar-refractivity contribution >= 4 is 26.5 Å². The minimum atomic E-state index is -3.08. The number of H-pyrrole nitrogens is 1. The first-order valence-electron chi connectivity index (χ1n) is 10.1. The van der Waals surface area contributed by atoms with Crippen molar-refractivity contribution in [3.05, 3.63) is 72.4 Å². The summed E-state index contributed by atoms with van der Waals surface area (Å²) in [6, 6.07) is 14.1. The molecule has 31 heavy (non-hydrogen) atoms. The van der Waals surface area contributed by atoms with Crippen molar-refractivity contribution in [3.63, 3.8) is 0 Å². The topological polar surface area (TPSA) is 88.1 Å². The lowest BCUT2D eigenvalue weighted by Crippen LogP contribution is -2.44. The quantitative estimate of drug-likeness (QED) is 0.536. The highest BCUT2D eigenvalue weighted by atomic mass is 32.2. The van der Waals surface area contributed by atoms with Gasteiger partial charge in [0, 0.05) is 30.5 Å². The molecular weight excluding hydrogens is 412 g/mol.